The van der Waals surface area contributed by atoms with E-state index in [0.717, 1.165) is 0 Å². The molecule has 0 saturated heterocycles. The highest BCUT2D eigenvalue weighted by Gasteiger charge is 2.76. The van der Waals surface area contributed by atoms with Crippen LogP contribution in [0.15, 0.2) is 0 Å². The average Bonchev–Trinajstić information content (AvgIpc) is 2.62. The van der Waals surface area contributed by atoms with Crippen molar-refractivity contribution in [3.8, 4) is 0 Å². The molecule has 26 nitrogen and oxygen atoms in total. The monoisotopic (exact) mass is 812 g/mol. The zero-order chi connectivity index (χ0) is 35.9. The number of unbranched alkanes of at least 4 members (excludes halogenated alkanes) is 1. The van der Waals surface area contributed by atoms with Gasteiger partial charge in [-0.25, -0.2) is 0 Å². The Bertz CT molecular complexity index is 1260. The van der Waals surface area contributed by atoms with Gasteiger partial charge in [-0.3, -0.25) is 41.8 Å². The maximum Gasteiger partial charge on any atom is 0.354 e. The molecular formula is C10H32N2O24P8. The molecule has 0 aromatic carbocycles. The van der Waals surface area contributed by atoms with Crippen LogP contribution < -0.4 is 11.1 Å². The molecule has 44 heavy (non-hydrogen) atoms. The van der Waals surface area contributed by atoms with Crippen molar-refractivity contribution < 1.29 is 115 Å². The average molecular weight is 812 g/mol. The van der Waals surface area contributed by atoms with Crippen molar-refractivity contribution >= 4 is 60.8 Å². The van der Waals surface area contributed by atoms with Gasteiger partial charge in [-0.1, -0.05) is 6.42 Å². The first-order valence-electron chi connectivity index (χ1n) is 10.8. The van der Waals surface area contributed by atoms with E-state index in [9.17, 15) is 115 Å². The maximum atomic E-state index is 12.7. The Morgan fingerprint density at radius 1 is 0.477 bits per heavy atom. The van der Waals surface area contributed by atoms with E-state index in [1.165, 1.54) is 0 Å². The van der Waals surface area contributed by atoms with Crippen molar-refractivity contribution in [2.75, 3.05) is 6.54 Å². The maximum absolute atomic E-state index is 12.7. The quantitative estimate of drug-likeness (QED) is 0.0477. The van der Waals surface area contributed by atoms with Crippen molar-refractivity contribution in [3.63, 3.8) is 0 Å². The van der Waals surface area contributed by atoms with E-state index >= 15 is 0 Å². The van der Waals surface area contributed by atoms with Gasteiger partial charge in [0.1, 0.15) is 0 Å². The fourth-order valence-corrected chi connectivity index (χ4v) is 17.8. The molecule has 0 rings (SSSR count). The summed E-state index contributed by atoms with van der Waals surface area (Å²) in [7, 11) is -55.6. The van der Waals surface area contributed by atoms with E-state index < -0.39 is 120 Å². The highest BCUT2D eigenvalue weighted by atomic mass is 31.3. The molecule has 34 heteroatoms. The summed E-state index contributed by atoms with van der Waals surface area (Å²) < 4.78 is 100. The fourth-order valence-electron chi connectivity index (χ4n) is 4.67. The zero-order valence-electron chi connectivity index (χ0n) is 21.3. The second-order valence-corrected chi connectivity index (χ2v) is 24.5. The first-order chi connectivity index (χ1) is 18.9. The van der Waals surface area contributed by atoms with Crippen LogP contribution in [0.1, 0.15) is 19.3 Å². The number of rotatable bonds is 18. The number of hydrogen-bond donors (Lipinski definition) is 18. The van der Waals surface area contributed by atoms with Crippen LogP contribution in [0.3, 0.4) is 0 Å². The van der Waals surface area contributed by atoms with E-state index in [2.05, 4.69) is 0 Å². The molecule has 0 bridgehead atoms. The SMILES string of the molecule is NCCCCC(C(P(=O)(O)O)P(=O)(O)O)C(NC(P(=O)(O)O)P(=O)(O)O)(C(P(=O)(O)O)P(=O)(O)O)C(P(=O)(O)O)P(=O)(O)O. The van der Waals surface area contributed by atoms with Crippen LogP contribution >= 0.6 is 60.8 Å². The van der Waals surface area contributed by atoms with Crippen molar-refractivity contribution in [2.45, 2.75) is 46.5 Å². The molecule has 0 saturated carbocycles. The Kier molecular flexibility index (Phi) is 14.9. The summed E-state index contributed by atoms with van der Waals surface area (Å²) in [5.41, 5.74) is -4.20. The summed E-state index contributed by atoms with van der Waals surface area (Å²) in [4.78, 5) is 159. The standard InChI is InChI=1S/C10H32N2O24P8/c11-4-2-1-3-5(6(37(13,14)15)38(16,17)18)10(7(39(19,20)21)40(22,23)24,8(41(25,26)27)42(28,29)30)12-9(43(31,32)33)44(34,35)36/h5-9,12H,1-4,11H2,(H2,13,14,15)(H2,16,17,18)(H2,19,20,21)(H2,22,23,24)(H2,25,26,27)(H2,28,29,30)(H2,31,32,33)(H2,34,35,36). The Hall–Kier alpha value is 1.12. The van der Waals surface area contributed by atoms with Crippen LogP contribution in [0.5, 0.6) is 0 Å². The summed E-state index contributed by atoms with van der Waals surface area (Å²) in [6.07, 6.45) is -3.09. The molecule has 1 atom stereocenters. The van der Waals surface area contributed by atoms with E-state index in [-0.39, 0.29) is 0 Å². The fraction of sp³-hybridized carbons (Fsp3) is 1.00. The van der Waals surface area contributed by atoms with Crippen molar-refractivity contribution in [1.82, 2.24) is 5.32 Å². The van der Waals surface area contributed by atoms with Gasteiger partial charge in [0, 0.05) is 5.92 Å². The molecule has 1 unspecified atom stereocenters. The summed E-state index contributed by atoms with van der Waals surface area (Å²) in [6.45, 7) is -0.488. The minimum Gasteiger partial charge on any atom is -0.330 e. The topological polar surface area (TPSA) is 498 Å². The lowest BCUT2D eigenvalue weighted by Gasteiger charge is -2.53. The van der Waals surface area contributed by atoms with Crippen LogP contribution in [-0.4, -0.2) is 112 Å². The lowest BCUT2D eigenvalue weighted by atomic mass is 9.83. The summed E-state index contributed by atoms with van der Waals surface area (Å²) in [5, 5.41) is -12.6. The Balaban J connectivity index is 9.46. The second-order valence-electron chi connectivity index (χ2n) is 9.22. The molecule has 0 heterocycles. The molecule has 0 aliphatic heterocycles. The van der Waals surface area contributed by atoms with Gasteiger partial charge in [0.05, 0.1) is 5.54 Å². The van der Waals surface area contributed by atoms with Crippen LogP contribution in [0.2, 0.25) is 0 Å². The van der Waals surface area contributed by atoms with E-state index in [1.807, 2.05) is 0 Å². The number of hydrogen-bond acceptors (Lipinski definition) is 10. The third kappa shape index (κ3) is 11.6. The van der Waals surface area contributed by atoms with Crippen molar-refractivity contribution in [1.29, 1.82) is 0 Å². The first kappa shape index (κ1) is 45.1. The smallest absolute Gasteiger partial charge is 0.330 e. The molecule has 0 radical (unpaired) electrons. The van der Waals surface area contributed by atoms with Crippen LogP contribution in [0.25, 0.3) is 0 Å². The van der Waals surface area contributed by atoms with Gasteiger partial charge in [-0.15, -0.1) is 0 Å². The van der Waals surface area contributed by atoms with Gasteiger partial charge >= 0.3 is 60.8 Å². The lowest BCUT2D eigenvalue weighted by Crippen LogP contribution is -2.69. The van der Waals surface area contributed by atoms with Gasteiger partial charge < -0.3 is 84.0 Å². The minimum atomic E-state index is -7.16. The van der Waals surface area contributed by atoms with Crippen LogP contribution in [0.4, 0.5) is 0 Å². The Morgan fingerprint density at radius 3 is 0.977 bits per heavy atom. The van der Waals surface area contributed by atoms with Gasteiger partial charge in [-0.2, -0.15) is 0 Å². The molecule has 266 valence electrons. The first-order valence-corrected chi connectivity index (χ1v) is 24.2. The predicted octanol–water partition coefficient (Wildman–Crippen LogP) is -3.26. The normalized spacial score (nSPS) is 16.4. The van der Waals surface area contributed by atoms with Gasteiger partial charge in [0.15, 0.2) is 16.2 Å². The molecule has 0 aliphatic rings. The molecule has 19 N–H and O–H groups in total. The Labute approximate surface area is 245 Å². The van der Waals surface area contributed by atoms with Crippen molar-refractivity contribution in [3.05, 3.63) is 0 Å². The third-order valence-electron chi connectivity index (χ3n) is 5.78. The highest BCUT2D eigenvalue weighted by Crippen LogP contribution is 2.78. The number of nitrogens with two attached hydrogens (primary N) is 1. The molecule has 0 aromatic rings. The largest absolute Gasteiger partial charge is 0.354 e. The predicted molar refractivity (Wildman–Crippen MR) is 144 cm³/mol. The van der Waals surface area contributed by atoms with Gasteiger partial charge in [-0.05, 0) is 19.4 Å². The van der Waals surface area contributed by atoms with Crippen molar-refractivity contribution in [2.24, 2.45) is 11.7 Å². The molecule has 0 fully saturated rings. The highest BCUT2D eigenvalue weighted by molar-refractivity contribution is 7.74. The summed E-state index contributed by atoms with van der Waals surface area (Å²) in [6, 6.07) is 0. The minimum absolute atomic E-state index is 0.488. The van der Waals surface area contributed by atoms with E-state index in [4.69, 9.17) is 5.73 Å². The molecule has 0 amide bonds. The van der Waals surface area contributed by atoms with Gasteiger partial charge in [0.2, 0.25) is 5.52 Å². The third-order valence-corrected chi connectivity index (χ3v) is 20.9. The summed E-state index contributed by atoms with van der Waals surface area (Å²) in [5.74, 6) is -3.74. The molecule has 0 spiro atoms. The Morgan fingerprint density at radius 2 is 0.773 bits per heavy atom. The number of nitrogens with one attached hydrogen (secondary N) is 1. The van der Waals surface area contributed by atoms with E-state index in [0.29, 0.717) is 5.32 Å². The molecule has 0 aromatic heterocycles. The van der Waals surface area contributed by atoms with Gasteiger partial charge in [0.25, 0.3) is 0 Å². The van der Waals surface area contributed by atoms with E-state index in [1.54, 1.807) is 0 Å². The van der Waals surface area contributed by atoms with Crippen LogP contribution in [-0.2, 0) is 36.5 Å². The second kappa shape index (κ2) is 14.5. The zero-order valence-corrected chi connectivity index (χ0v) is 28.4. The summed E-state index contributed by atoms with van der Waals surface area (Å²) >= 11 is 0. The molecule has 0 aliphatic carbocycles. The lowest BCUT2D eigenvalue weighted by molar-refractivity contribution is 0.154. The van der Waals surface area contributed by atoms with Crippen LogP contribution in [0, 0.1) is 5.92 Å². The molecular weight excluding hydrogens is 780 g/mol.